The highest BCUT2D eigenvalue weighted by atomic mass is 16.5. The SMILES string of the molecule is O=C(Nc1ccc(OCC2CCOCC2)cc1)C1CCNCC1. The first-order valence-corrected chi connectivity index (χ1v) is 8.63. The van der Waals surface area contributed by atoms with Crippen LogP contribution in [0.25, 0.3) is 0 Å². The molecule has 23 heavy (non-hydrogen) atoms. The quantitative estimate of drug-likeness (QED) is 0.875. The van der Waals surface area contributed by atoms with Crippen LogP contribution >= 0.6 is 0 Å². The summed E-state index contributed by atoms with van der Waals surface area (Å²) in [4.78, 5) is 12.2. The number of hydrogen-bond donors (Lipinski definition) is 2. The van der Waals surface area contributed by atoms with Crippen molar-refractivity contribution in [2.75, 3.05) is 38.2 Å². The van der Waals surface area contributed by atoms with Gasteiger partial charge >= 0.3 is 0 Å². The molecule has 3 rings (SSSR count). The van der Waals surface area contributed by atoms with Crippen molar-refractivity contribution in [3.8, 4) is 5.75 Å². The van der Waals surface area contributed by atoms with Gasteiger partial charge in [-0.15, -0.1) is 0 Å². The minimum absolute atomic E-state index is 0.126. The molecule has 0 unspecified atom stereocenters. The zero-order valence-corrected chi connectivity index (χ0v) is 13.6. The highest BCUT2D eigenvalue weighted by Gasteiger charge is 2.20. The van der Waals surface area contributed by atoms with Crippen molar-refractivity contribution < 1.29 is 14.3 Å². The lowest BCUT2D eigenvalue weighted by molar-refractivity contribution is -0.120. The van der Waals surface area contributed by atoms with Crippen molar-refractivity contribution in [2.45, 2.75) is 25.7 Å². The van der Waals surface area contributed by atoms with Gasteiger partial charge in [0, 0.05) is 24.8 Å². The van der Waals surface area contributed by atoms with E-state index in [0.717, 1.165) is 70.0 Å². The van der Waals surface area contributed by atoms with Gasteiger partial charge in [-0.2, -0.15) is 0 Å². The number of rotatable bonds is 5. The summed E-state index contributed by atoms with van der Waals surface area (Å²) in [6, 6.07) is 7.69. The monoisotopic (exact) mass is 318 g/mol. The van der Waals surface area contributed by atoms with Gasteiger partial charge in [0.1, 0.15) is 5.75 Å². The van der Waals surface area contributed by atoms with Gasteiger partial charge in [0.25, 0.3) is 0 Å². The molecule has 0 saturated carbocycles. The van der Waals surface area contributed by atoms with Crippen molar-refractivity contribution in [1.82, 2.24) is 5.32 Å². The van der Waals surface area contributed by atoms with E-state index in [1.165, 1.54) is 0 Å². The van der Waals surface area contributed by atoms with Crippen molar-refractivity contribution in [2.24, 2.45) is 11.8 Å². The van der Waals surface area contributed by atoms with Gasteiger partial charge in [-0.05, 0) is 69.0 Å². The van der Waals surface area contributed by atoms with Crippen LogP contribution in [-0.2, 0) is 9.53 Å². The van der Waals surface area contributed by atoms with Crippen LogP contribution < -0.4 is 15.4 Å². The van der Waals surface area contributed by atoms with Crippen molar-refractivity contribution in [3.05, 3.63) is 24.3 Å². The summed E-state index contributed by atoms with van der Waals surface area (Å²) >= 11 is 0. The van der Waals surface area contributed by atoms with E-state index in [2.05, 4.69) is 10.6 Å². The molecule has 0 bridgehead atoms. The fourth-order valence-corrected chi connectivity index (χ4v) is 3.09. The number of carbonyl (C=O) groups excluding carboxylic acids is 1. The van der Waals surface area contributed by atoms with Crippen molar-refractivity contribution in [3.63, 3.8) is 0 Å². The number of nitrogens with one attached hydrogen (secondary N) is 2. The second kappa shape index (κ2) is 8.31. The summed E-state index contributed by atoms with van der Waals surface area (Å²) in [5, 5.41) is 6.28. The van der Waals surface area contributed by atoms with E-state index in [-0.39, 0.29) is 11.8 Å². The van der Waals surface area contributed by atoms with E-state index in [0.29, 0.717) is 5.92 Å². The van der Waals surface area contributed by atoms with Crippen LogP contribution in [0.2, 0.25) is 0 Å². The van der Waals surface area contributed by atoms with Gasteiger partial charge in [-0.1, -0.05) is 0 Å². The van der Waals surface area contributed by atoms with Gasteiger partial charge in [0.15, 0.2) is 0 Å². The minimum Gasteiger partial charge on any atom is -0.493 e. The smallest absolute Gasteiger partial charge is 0.227 e. The maximum Gasteiger partial charge on any atom is 0.227 e. The molecular formula is C18H26N2O3. The number of amides is 1. The molecule has 1 aromatic carbocycles. The predicted molar refractivity (Wildman–Crippen MR) is 89.7 cm³/mol. The number of ether oxygens (including phenoxy) is 2. The number of carbonyl (C=O) groups is 1. The van der Waals surface area contributed by atoms with Crippen LogP contribution in [0.3, 0.4) is 0 Å². The van der Waals surface area contributed by atoms with Gasteiger partial charge in [-0.25, -0.2) is 0 Å². The highest BCUT2D eigenvalue weighted by molar-refractivity contribution is 5.92. The number of hydrogen-bond acceptors (Lipinski definition) is 4. The molecule has 0 radical (unpaired) electrons. The number of piperidine rings is 1. The Morgan fingerprint density at radius 1 is 1.13 bits per heavy atom. The molecule has 2 aliphatic heterocycles. The molecular weight excluding hydrogens is 292 g/mol. The summed E-state index contributed by atoms with van der Waals surface area (Å²) in [6.07, 6.45) is 3.98. The molecule has 2 aliphatic rings. The molecule has 2 saturated heterocycles. The van der Waals surface area contributed by atoms with Crippen LogP contribution in [0, 0.1) is 11.8 Å². The Morgan fingerprint density at radius 2 is 1.83 bits per heavy atom. The van der Waals surface area contributed by atoms with Crippen molar-refractivity contribution in [1.29, 1.82) is 0 Å². The maximum absolute atomic E-state index is 12.2. The standard InChI is InChI=1S/C18H26N2O3/c21-18(15-5-9-19-10-6-15)20-16-1-3-17(4-2-16)23-13-14-7-11-22-12-8-14/h1-4,14-15,19H,5-13H2,(H,20,21). The summed E-state index contributed by atoms with van der Waals surface area (Å²) in [6.45, 7) is 4.28. The number of benzene rings is 1. The predicted octanol–water partition coefficient (Wildman–Crippen LogP) is 2.43. The lowest BCUT2D eigenvalue weighted by Gasteiger charge is -2.22. The normalized spacial score (nSPS) is 20.2. The molecule has 2 heterocycles. The third-order valence-corrected chi connectivity index (χ3v) is 4.66. The van der Waals surface area contributed by atoms with Crippen LogP contribution in [0.15, 0.2) is 24.3 Å². The van der Waals surface area contributed by atoms with E-state index in [1.54, 1.807) is 0 Å². The first-order valence-electron chi connectivity index (χ1n) is 8.63. The molecule has 0 aromatic heterocycles. The Bertz CT molecular complexity index is 491. The molecule has 0 atom stereocenters. The summed E-state index contributed by atoms with van der Waals surface area (Å²) in [7, 11) is 0. The van der Waals surface area contributed by atoms with Gasteiger partial charge in [0.2, 0.25) is 5.91 Å². The van der Waals surface area contributed by atoms with Gasteiger partial charge in [0.05, 0.1) is 6.61 Å². The molecule has 1 amide bonds. The van der Waals surface area contributed by atoms with Crippen molar-refractivity contribution >= 4 is 11.6 Å². The lowest BCUT2D eigenvalue weighted by Crippen LogP contribution is -2.34. The molecule has 2 fully saturated rings. The average molecular weight is 318 g/mol. The van der Waals surface area contributed by atoms with E-state index in [4.69, 9.17) is 9.47 Å². The Morgan fingerprint density at radius 3 is 2.52 bits per heavy atom. The lowest BCUT2D eigenvalue weighted by atomic mass is 9.97. The first kappa shape index (κ1) is 16.3. The van der Waals surface area contributed by atoms with Gasteiger partial charge < -0.3 is 20.1 Å². The fraction of sp³-hybridized carbons (Fsp3) is 0.611. The molecule has 2 N–H and O–H groups in total. The summed E-state index contributed by atoms with van der Waals surface area (Å²) in [5.41, 5.74) is 0.840. The zero-order valence-electron chi connectivity index (χ0n) is 13.6. The second-order valence-electron chi connectivity index (χ2n) is 6.40. The fourth-order valence-electron chi connectivity index (χ4n) is 3.09. The van der Waals surface area contributed by atoms with E-state index >= 15 is 0 Å². The molecule has 0 aliphatic carbocycles. The van der Waals surface area contributed by atoms with Crippen LogP contribution in [0.4, 0.5) is 5.69 Å². The summed E-state index contributed by atoms with van der Waals surface area (Å²) < 4.78 is 11.2. The average Bonchev–Trinajstić information content (AvgIpc) is 2.63. The molecule has 1 aromatic rings. The molecule has 126 valence electrons. The molecule has 5 nitrogen and oxygen atoms in total. The Hall–Kier alpha value is -1.59. The van der Waals surface area contributed by atoms with Crippen LogP contribution in [-0.4, -0.2) is 38.8 Å². The number of anilines is 1. The largest absolute Gasteiger partial charge is 0.493 e. The molecule has 5 heteroatoms. The Balaban J connectivity index is 1.45. The van der Waals surface area contributed by atoms with Crippen LogP contribution in [0.1, 0.15) is 25.7 Å². The highest BCUT2D eigenvalue weighted by Crippen LogP contribution is 2.21. The molecule has 0 spiro atoms. The van der Waals surface area contributed by atoms with E-state index in [9.17, 15) is 4.79 Å². The van der Waals surface area contributed by atoms with Crippen LogP contribution in [0.5, 0.6) is 5.75 Å². The van der Waals surface area contributed by atoms with Gasteiger partial charge in [-0.3, -0.25) is 4.79 Å². The third kappa shape index (κ3) is 4.94. The van der Waals surface area contributed by atoms with E-state index in [1.807, 2.05) is 24.3 Å². The first-order chi connectivity index (χ1) is 11.3. The Labute approximate surface area is 137 Å². The Kier molecular flexibility index (Phi) is 5.88. The maximum atomic E-state index is 12.2. The topological polar surface area (TPSA) is 59.6 Å². The summed E-state index contributed by atoms with van der Waals surface area (Å²) in [5.74, 6) is 1.70. The second-order valence-corrected chi connectivity index (χ2v) is 6.40. The third-order valence-electron chi connectivity index (χ3n) is 4.66. The zero-order chi connectivity index (χ0) is 15.9. The minimum atomic E-state index is 0.126. The van der Waals surface area contributed by atoms with E-state index < -0.39 is 0 Å².